The van der Waals surface area contributed by atoms with Crippen LogP contribution in [-0.4, -0.2) is 25.8 Å². The quantitative estimate of drug-likeness (QED) is 0.373. The van der Waals surface area contributed by atoms with Gasteiger partial charge in [-0.3, -0.25) is 4.79 Å². The number of hydrogen-bond acceptors (Lipinski definition) is 2. The zero-order valence-corrected chi connectivity index (χ0v) is 11.0. The van der Waals surface area contributed by atoms with Gasteiger partial charge in [0.05, 0.1) is 16.1 Å². The Morgan fingerprint density at radius 2 is 1.83 bits per heavy atom. The van der Waals surface area contributed by atoms with Crippen LogP contribution in [0.2, 0.25) is 0 Å². The van der Waals surface area contributed by atoms with Crippen molar-refractivity contribution in [2.24, 2.45) is 0 Å². The van der Waals surface area contributed by atoms with Crippen LogP contribution in [0.25, 0.3) is 0 Å². The van der Waals surface area contributed by atoms with Crippen LogP contribution >= 0.6 is 51.9 Å². The van der Waals surface area contributed by atoms with Gasteiger partial charge in [0.15, 0.2) is 0 Å². The van der Waals surface area contributed by atoms with E-state index in [0.29, 0.717) is 0 Å². The molecule has 0 radical (unpaired) electrons. The summed E-state index contributed by atoms with van der Waals surface area (Å²) in [6.45, 7) is 3.14. The average molecular weight is 369 g/mol. The highest BCUT2D eigenvalue weighted by Gasteiger charge is 2.50. The number of imide groups is 1. The second-order valence-electron chi connectivity index (χ2n) is 2.71. The standard InChI is InChI=1S/C5H6BrClN2O2.HI/c1-5(2)3(10)8(6)4(11)9(5)7;/h1-2H3;1H. The molecule has 0 N–H and O–H groups in total. The molecule has 0 saturated carbocycles. The molecule has 70 valence electrons. The summed E-state index contributed by atoms with van der Waals surface area (Å²) in [4.78, 5) is 22.2. The fourth-order valence-electron chi connectivity index (χ4n) is 0.727. The van der Waals surface area contributed by atoms with E-state index in [1.165, 1.54) is 0 Å². The largest absolute Gasteiger partial charge is 0.352 e. The van der Waals surface area contributed by atoms with E-state index in [2.05, 4.69) is 16.1 Å². The number of rotatable bonds is 0. The van der Waals surface area contributed by atoms with Crippen LogP contribution in [0.5, 0.6) is 0 Å². The van der Waals surface area contributed by atoms with Gasteiger partial charge in [-0.2, -0.15) is 3.93 Å². The van der Waals surface area contributed by atoms with Crippen LogP contribution in [-0.2, 0) is 4.79 Å². The van der Waals surface area contributed by atoms with Crippen molar-refractivity contribution in [1.29, 1.82) is 0 Å². The Morgan fingerprint density at radius 3 is 1.92 bits per heavy atom. The highest BCUT2D eigenvalue weighted by Crippen LogP contribution is 2.30. The minimum atomic E-state index is -0.956. The summed E-state index contributed by atoms with van der Waals surface area (Å²) in [5.74, 6) is -0.363. The van der Waals surface area contributed by atoms with E-state index in [0.717, 1.165) is 8.34 Å². The van der Waals surface area contributed by atoms with E-state index in [4.69, 9.17) is 11.8 Å². The molecular weight excluding hydrogens is 362 g/mol. The number of carbonyl (C=O) groups is 2. The third-order valence-corrected chi connectivity index (χ3v) is 2.72. The van der Waals surface area contributed by atoms with E-state index in [-0.39, 0.29) is 29.9 Å². The first-order valence-electron chi connectivity index (χ1n) is 2.89. The molecule has 4 nitrogen and oxygen atoms in total. The Morgan fingerprint density at radius 1 is 1.42 bits per heavy atom. The first kappa shape index (κ1) is 12.4. The maximum Gasteiger partial charge on any atom is 0.352 e. The number of halogens is 3. The summed E-state index contributed by atoms with van der Waals surface area (Å²) in [5.41, 5.74) is -0.956. The fraction of sp³-hybridized carbons (Fsp3) is 0.600. The Bertz CT molecular complexity index is 235. The first-order valence-corrected chi connectivity index (χ1v) is 3.94. The molecule has 0 unspecified atom stereocenters. The third kappa shape index (κ3) is 1.56. The fourth-order valence-corrected chi connectivity index (χ4v) is 1.56. The molecule has 1 heterocycles. The SMILES string of the molecule is CC1(C)C(=O)N(Br)C(=O)N1Cl.I. The maximum absolute atomic E-state index is 11.2. The molecule has 1 rings (SSSR count). The normalized spacial score (nSPS) is 21.3. The van der Waals surface area contributed by atoms with Crippen molar-refractivity contribution in [3.05, 3.63) is 0 Å². The van der Waals surface area contributed by atoms with Crippen molar-refractivity contribution in [2.45, 2.75) is 19.4 Å². The van der Waals surface area contributed by atoms with Crippen molar-refractivity contribution < 1.29 is 9.59 Å². The van der Waals surface area contributed by atoms with Crippen LogP contribution < -0.4 is 0 Å². The summed E-state index contributed by atoms with van der Waals surface area (Å²) in [5, 5.41) is 0. The Kier molecular flexibility index (Phi) is 3.80. The molecule has 0 aliphatic carbocycles. The maximum atomic E-state index is 11.2. The Hall–Kier alpha value is 0.440. The van der Waals surface area contributed by atoms with Gasteiger partial charge < -0.3 is 0 Å². The first-order chi connectivity index (χ1) is 4.89. The second kappa shape index (κ2) is 3.67. The predicted molar refractivity (Wildman–Crippen MR) is 58.4 cm³/mol. The lowest BCUT2D eigenvalue weighted by atomic mass is 10.1. The van der Waals surface area contributed by atoms with Crippen LogP contribution in [0.3, 0.4) is 0 Å². The van der Waals surface area contributed by atoms with Crippen LogP contribution in [0.4, 0.5) is 4.79 Å². The van der Waals surface area contributed by atoms with Crippen LogP contribution in [0, 0.1) is 0 Å². The Balaban J connectivity index is 0.00000121. The minimum absolute atomic E-state index is 0. The van der Waals surface area contributed by atoms with Crippen LogP contribution in [0.15, 0.2) is 0 Å². The van der Waals surface area contributed by atoms with Crippen molar-refractivity contribution in [2.75, 3.05) is 0 Å². The highest BCUT2D eigenvalue weighted by atomic mass is 127. The lowest BCUT2D eigenvalue weighted by Crippen LogP contribution is -2.38. The van der Waals surface area contributed by atoms with Gasteiger partial charge in [0.2, 0.25) is 0 Å². The molecule has 0 aromatic heterocycles. The van der Waals surface area contributed by atoms with Gasteiger partial charge in [0, 0.05) is 11.8 Å². The average Bonchev–Trinajstić information content (AvgIpc) is 2.06. The van der Waals surface area contributed by atoms with Gasteiger partial charge in [-0.15, -0.1) is 24.0 Å². The minimum Gasteiger partial charge on any atom is -0.271 e. The molecule has 12 heavy (non-hydrogen) atoms. The molecule has 1 aliphatic heterocycles. The molecule has 1 aliphatic rings. The zero-order chi connectivity index (χ0) is 8.81. The molecule has 1 fully saturated rings. The molecule has 0 bridgehead atoms. The number of hydrogen-bond donors (Lipinski definition) is 0. The van der Waals surface area contributed by atoms with Gasteiger partial charge in [0.1, 0.15) is 5.54 Å². The molecule has 3 amide bonds. The lowest BCUT2D eigenvalue weighted by Gasteiger charge is -2.18. The summed E-state index contributed by atoms with van der Waals surface area (Å²) >= 11 is 8.33. The predicted octanol–water partition coefficient (Wildman–Crippen LogP) is 2.11. The zero-order valence-electron chi connectivity index (χ0n) is 6.38. The molecule has 7 heteroatoms. The van der Waals surface area contributed by atoms with E-state index >= 15 is 0 Å². The second-order valence-corrected chi connectivity index (χ2v) is 3.76. The van der Waals surface area contributed by atoms with Gasteiger partial charge in [-0.25, -0.2) is 9.21 Å². The molecular formula is C5H7BrClIN2O2. The molecule has 0 spiro atoms. The smallest absolute Gasteiger partial charge is 0.271 e. The van der Waals surface area contributed by atoms with Crippen LogP contribution in [0.1, 0.15) is 13.8 Å². The van der Waals surface area contributed by atoms with E-state index in [9.17, 15) is 9.59 Å². The number of nitrogens with zero attached hydrogens (tertiary/aromatic N) is 2. The Labute approximate surface area is 101 Å². The topological polar surface area (TPSA) is 40.6 Å². The molecule has 0 aromatic rings. The number of urea groups is 1. The van der Waals surface area contributed by atoms with E-state index in [1.54, 1.807) is 13.8 Å². The van der Waals surface area contributed by atoms with Gasteiger partial charge in [0.25, 0.3) is 5.91 Å². The molecule has 0 atom stereocenters. The van der Waals surface area contributed by atoms with E-state index in [1.807, 2.05) is 0 Å². The summed E-state index contributed by atoms with van der Waals surface area (Å²) in [6.07, 6.45) is 0. The summed E-state index contributed by atoms with van der Waals surface area (Å²) in [6, 6.07) is -0.554. The monoisotopic (exact) mass is 368 g/mol. The van der Waals surface area contributed by atoms with Crippen molar-refractivity contribution in [3.63, 3.8) is 0 Å². The van der Waals surface area contributed by atoms with Gasteiger partial charge in [-0.05, 0) is 13.8 Å². The van der Waals surface area contributed by atoms with Gasteiger partial charge in [-0.1, -0.05) is 0 Å². The van der Waals surface area contributed by atoms with Crippen molar-refractivity contribution in [3.8, 4) is 0 Å². The summed E-state index contributed by atoms with van der Waals surface area (Å²) < 4.78 is 1.68. The molecule has 1 saturated heterocycles. The highest BCUT2D eigenvalue weighted by molar-refractivity contribution is 14.0. The number of carbonyl (C=O) groups excluding carboxylic acids is 2. The van der Waals surface area contributed by atoms with Gasteiger partial charge >= 0.3 is 6.03 Å². The van der Waals surface area contributed by atoms with Crippen molar-refractivity contribution >= 4 is 63.8 Å². The lowest BCUT2D eigenvalue weighted by molar-refractivity contribution is -0.127. The number of amides is 3. The van der Waals surface area contributed by atoms with Crippen molar-refractivity contribution in [1.82, 2.24) is 8.34 Å². The third-order valence-electron chi connectivity index (χ3n) is 1.53. The van der Waals surface area contributed by atoms with E-state index < -0.39 is 11.6 Å². The molecule has 0 aromatic carbocycles. The summed E-state index contributed by atoms with van der Waals surface area (Å²) in [7, 11) is 0.